The maximum atomic E-state index is 9.30. The summed E-state index contributed by atoms with van der Waals surface area (Å²) in [6, 6.07) is 14.4. The van der Waals surface area contributed by atoms with Gasteiger partial charge in [0.25, 0.3) is 0 Å². The van der Waals surface area contributed by atoms with Gasteiger partial charge in [-0.1, -0.05) is 44.7 Å². The Kier molecular flexibility index (Phi) is 10.4. The number of hydrogen-bond donors (Lipinski definition) is 5. The van der Waals surface area contributed by atoms with Crippen molar-refractivity contribution in [3.63, 3.8) is 0 Å². The lowest BCUT2D eigenvalue weighted by atomic mass is 9.78. The molecule has 0 aliphatic rings. The van der Waals surface area contributed by atoms with Gasteiger partial charge in [0, 0.05) is 11.5 Å². The summed E-state index contributed by atoms with van der Waals surface area (Å²) in [5, 5.41) is 41.4. The third-order valence-electron chi connectivity index (χ3n) is 3.45. The number of phenols is 2. The summed E-state index contributed by atoms with van der Waals surface area (Å²) < 4.78 is 0. The third kappa shape index (κ3) is 8.32. The molecule has 0 aliphatic heterocycles. The molecule has 0 unspecified atom stereocenters. The van der Waals surface area contributed by atoms with Crippen LogP contribution in [-0.4, -0.2) is 44.7 Å². The third-order valence-corrected chi connectivity index (χ3v) is 3.45. The summed E-state index contributed by atoms with van der Waals surface area (Å²) in [6.45, 7) is 6.94. The topological polar surface area (TPSA) is 118 Å². The van der Waals surface area contributed by atoms with E-state index in [1.807, 2.05) is 24.3 Å². The number of aromatic hydroxyl groups is 2. The Morgan fingerprint density at radius 1 is 0.885 bits per heavy atom. The summed E-state index contributed by atoms with van der Waals surface area (Å²) in [7, 11) is 0. The van der Waals surface area contributed by atoms with Gasteiger partial charge < -0.3 is 25.5 Å². The number of aliphatic carboxylic acids is 1. The van der Waals surface area contributed by atoms with E-state index in [2.05, 4.69) is 20.4 Å². The fraction of sp³-hybridized carbons (Fsp3) is 0.250. The molecule has 142 valence electrons. The maximum absolute atomic E-state index is 9.30. The largest absolute Gasteiger partial charge is 0.508 e. The molecule has 0 aromatic heterocycles. The van der Waals surface area contributed by atoms with Gasteiger partial charge in [0.15, 0.2) is 0 Å². The molecule has 2 rings (SSSR count). The van der Waals surface area contributed by atoms with E-state index in [1.54, 1.807) is 24.3 Å². The molecule has 0 bridgehead atoms. The van der Waals surface area contributed by atoms with Gasteiger partial charge in [0.05, 0.1) is 13.2 Å². The van der Waals surface area contributed by atoms with Crippen LogP contribution in [0.25, 0.3) is 0 Å². The molecule has 0 saturated heterocycles. The molecule has 26 heavy (non-hydrogen) atoms. The summed E-state index contributed by atoms with van der Waals surface area (Å²) >= 11 is 0. The van der Waals surface area contributed by atoms with Crippen LogP contribution < -0.4 is 0 Å². The summed E-state index contributed by atoms with van der Waals surface area (Å²) in [5.74, 6) is -0.435. The number of aliphatic hydroxyl groups is 2. The lowest BCUT2D eigenvalue weighted by Gasteiger charge is -2.26. The zero-order valence-electron chi connectivity index (χ0n) is 15.0. The molecule has 5 N–H and O–H groups in total. The molecule has 0 fully saturated rings. The second kappa shape index (κ2) is 11.7. The first-order valence-electron chi connectivity index (χ1n) is 7.85. The van der Waals surface area contributed by atoms with E-state index in [1.165, 1.54) is 0 Å². The van der Waals surface area contributed by atoms with Crippen LogP contribution in [0.4, 0.5) is 0 Å². The normalized spacial score (nSPS) is 9.85. The van der Waals surface area contributed by atoms with Gasteiger partial charge in [-0.3, -0.25) is 0 Å². The van der Waals surface area contributed by atoms with E-state index in [4.69, 9.17) is 15.3 Å². The van der Waals surface area contributed by atoms with Crippen molar-refractivity contribution in [2.75, 3.05) is 13.2 Å². The fourth-order valence-electron chi connectivity index (χ4n) is 1.92. The van der Waals surface area contributed by atoms with E-state index >= 15 is 0 Å². The van der Waals surface area contributed by atoms with Crippen molar-refractivity contribution in [2.24, 2.45) is 0 Å². The van der Waals surface area contributed by atoms with Gasteiger partial charge in [-0.15, -0.1) is 0 Å². The minimum Gasteiger partial charge on any atom is -0.508 e. The number of carbonyl (C=O) groups is 1. The van der Waals surface area contributed by atoms with Crippen molar-refractivity contribution in [3.8, 4) is 11.5 Å². The first-order valence-corrected chi connectivity index (χ1v) is 7.85. The van der Waals surface area contributed by atoms with Crippen LogP contribution in [0.2, 0.25) is 0 Å². The van der Waals surface area contributed by atoms with E-state index in [0.717, 1.165) is 17.2 Å². The van der Waals surface area contributed by atoms with Crippen LogP contribution in [-0.2, 0) is 10.2 Å². The average molecular weight is 362 g/mol. The monoisotopic (exact) mass is 362 g/mol. The number of rotatable bonds is 4. The molecular weight excluding hydrogens is 336 g/mol. The predicted molar refractivity (Wildman–Crippen MR) is 100 cm³/mol. The van der Waals surface area contributed by atoms with Crippen molar-refractivity contribution in [3.05, 3.63) is 72.3 Å². The summed E-state index contributed by atoms with van der Waals surface area (Å²) in [5.41, 5.74) is 2.10. The molecule has 0 aliphatic carbocycles. The Morgan fingerprint density at radius 2 is 1.15 bits per heavy atom. The van der Waals surface area contributed by atoms with Crippen molar-refractivity contribution in [2.45, 2.75) is 19.3 Å². The molecule has 6 heteroatoms. The van der Waals surface area contributed by atoms with Crippen molar-refractivity contribution >= 4 is 5.97 Å². The lowest BCUT2D eigenvalue weighted by molar-refractivity contribution is -0.131. The Morgan fingerprint density at radius 3 is 1.35 bits per heavy atom. The Bertz CT molecular complexity index is 610. The van der Waals surface area contributed by atoms with Crippen molar-refractivity contribution in [1.82, 2.24) is 0 Å². The number of benzene rings is 2. The Hall–Kier alpha value is -2.83. The number of aliphatic hydroxyl groups excluding tert-OH is 2. The lowest BCUT2D eigenvalue weighted by Crippen LogP contribution is -2.18. The standard InChI is InChI=1S/C15H16O2.C3H4O2.C2H6O2/c1-15(2,11-3-7-13(16)8-4-11)12-5-9-14(17)10-6-12;1-2-3(4)5;3-1-2-4/h3-10,16-17H,1-2H3;2H,1H2,(H,4,5);3-4H,1-2H2. The predicted octanol–water partition coefficient (Wildman–Crippen LogP) is 2.65. The molecule has 0 atom stereocenters. The molecule has 6 nitrogen and oxygen atoms in total. The quantitative estimate of drug-likeness (QED) is 0.534. The number of carboxylic acids is 1. The van der Waals surface area contributed by atoms with Crippen LogP contribution in [0.15, 0.2) is 61.2 Å². The first-order chi connectivity index (χ1) is 12.2. The van der Waals surface area contributed by atoms with Crippen molar-refractivity contribution < 1.29 is 30.3 Å². The molecule has 0 saturated carbocycles. The Balaban J connectivity index is 0.000000582. The molecule has 2 aromatic rings. The van der Waals surface area contributed by atoms with Gasteiger partial charge >= 0.3 is 5.97 Å². The fourth-order valence-corrected chi connectivity index (χ4v) is 1.92. The Labute approximate surface area is 153 Å². The minimum atomic E-state index is -0.981. The second-order valence-electron chi connectivity index (χ2n) is 5.71. The van der Waals surface area contributed by atoms with Crippen LogP contribution in [0.5, 0.6) is 11.5 Å². The highest BCUT2D eigenvalue weighted by Crippen LogP contribution is 2.32. The molecule has 2 aromatic carbocycles. The van der Waals surface area contributed by atoms with Crippen LogP contribution >= 0.6 is 0 Å². The van der Waals surface area contributed by atoms with E-state index in [0.29, 0.717) is 0 Å². The van der Waals surface area contributed by atoms with Gasteiger partial charge in [0.2, 0.25) is 0 Å². The van der Waals surface area contributed by atoms with E-state index in [-0.39, 0.29) is 30.1 Å². The summed E-state index contributed by atoms with van der Waals surface area (Å²) in [4.78, 5) is 9.25. The number of hydrogen-bond acceptors (Lipinski definition) is 5. The molecule has 0 spiro atoms. The highest BCUT2D eigenvalue weighted by atomic mass is 16.4. The average Bonchev–Trinajstić information content (AvgIpc) is 2.63. The second-order valence-corrected chi connectivity index (χ2v) is 5.71. The molecule has 0 radical (unpaired) electrons. The van der Waals surface area contributed by atoms with Gasteiger partial charge in [0.1, 0.15) is 11.5 Å². The summed E-state index contributed by atoms with van der Waals surface area (Å²) in [6.07, 6.45) is 0.833. The molecule has 0 heterocycles. The van der Waals surface area contributed by atoms with Crippen molar-refractivity contribution in [1.29, 1.82) is 0 Å². The molecule has 0 amide bonds. The smallest absolute Gasteiger partial charge is 0.327 e. The van der Waals surface area contributed by atoms with Crippen LogP contribution in [0.3, 0.4) is 0 Å². The highest BCUT2D eigenvalue weighted by Gasteiger charge is 2.22. The SMILES string of the molecule is C=CC(=O)O.CC(C)(c1ccc(O)cc1)c1ccc(O)cc1.OCCO. The number of carboxylic acid groups (broad SMARTS) is 1. The van der Waals surface area contributed by atoms with Gasteiger partial charge in [-0.25, -0.2) is 4.79 Å². The van der Waals surface area contributed by atoms with Gasteiger partial charge in [-0.05, 0) is 35.4 Å². The van der Waals surface area contributed by atoms with Crippen LogP contribution in [0.1, 0.15) is 25.0 Å². The highest BCUT2D eigenvalue weighted by molar-refractivity contribution is 5.78. The van der Waals surface area contributed by atoms with Gasteiger partial charge in [-0.2, -0.15) is 0 Å². The zero-order valence-corrected chi connectivity index (χ0v) is 15.0. The first kappa shape index (κ1) is 23.2. The van der Waals surface area contributed by atoms with Crippen LogP contribution in [0, 0.1) is 0 Å². The minimum absolute atomic E-state index is 0.125. The number of phenolic OH excluding ortho intramolecular Hbond substituents is 2. The molecular formula is C20H26O6. The maximum Gasteiger partial charge on any atom is 0.327 e. The zero-order chi connectivity index (χ0) is 20.2. The van der Waals surface area contributed by atoms with E-state index in [9.17, 15) is 15.0 Å². The van der Waals surface area contributed by atoms with E-state index < -0.39 is 5.97 Å².